The summed E-state index contributed by atoms with van der Waals surface area (Å²) in [5.41, 5.74) is 5.98. The van der Waals surface area contributed by atoms with Gasteiger partial charge in [-0.1, -0.05) is 27.5 Å². The third-order valence-electron chi connectivity index (χ3n) is 1.86. The van der Waals surface area contributed by atoms with Crippen molar-refractivity contribution in [3.05, 3.63) is 33.0 Å². The normalized spacial score (nSPS) is 12.9. The van der Waals surface area contributed by atoms with Gasteiger partial charge < -0.3 is 10.8 Å². The minimum atomic E-state index is -0.532. The highest BCUT2D eigenvalue weighted by molar-refractivity contribution is 9.10. The van der Waals surface area contributed by atoms with Crippen LogP contribution in [0.25, 0.3) is 0 Å². The van der Waals surface area contributed by atoms with Crippen molar-refractivity contribution in [1.29, 1.82) is 0 Å². The van der Waals surface area contributed by atoms with Gasteiger partial charge in [-0.05, 0) is 18.6 Å². The van der Waals surface area contributed by atoms with Crippen LogP contribution in [0.3, 0.4) is 0 Å². The van der Waals surface area contributed by atoms with Gasteiger partial charge in [0.05, 0.1) is 5.02 Å². The molecule has 78 valence electrons. The molecule has 0 fully saturated rings. The van der Waals surface area contributed by atoms with Crippen molar-refractivity contribution in [2.75, 3.05) is 6.61 Å². The Morgan fingerprint density at radius 1 is 1.57 bits per heavy atom. The fraction of sp³-hybridized carbons (Fsp3) is 0.333. The molecule has 1 aromatic carbocycles. The van der Waals surface area contributed by atoms with E-state index in [4.69, 9.17) is 22.4 Å². The van der Waals surface area contributed by atoms with E-state index < -0.39 is 11.9 Å². The zero-order valence-electron chi connectivity index (χ0n) is 7.30. The molecule has 0 unspecified atom stereocenters. The van der Waals surface area contributed by atoms with E-state index in [0.717, 1.165) is 0 Å². The molecule has 3 N–H and O–H groups in total. The van der Waals surface area contributed by atoms with Gasteiger partial charge in [0.1, 0.15) is 5.82 Å². The first-order chi connectivity index (χ1) is 6.56. The van der Waals surface area contributed by atoms with Crippen molar-refractivity contribution in [2.45, 2.75) is 12.5 Å². The molecule has 1 aromatic rings. The Kier molecular flexibility index (Phi) is 4.31. The van der Waals surface area contributed by atoms with Gasteiger partial charge in [0, 0.05) is 22.7 Å². The Bertz CT molecular complexity index is 335. The van der Waals surface area contributed by atoms with Crippen LogP contribution < -0.4 is 5.73 Å². The summed E-state index contributed by atoms with van der Waals surface area (Å²) in [5.74, 6) is -0.518. The molecular formula is C9H10BrClFNO. The molecule has 0 heterocycles. The monoisotopic (exact) mass is 281 g/mol. The SMILES string of the molecule is N[C@H](CCO)c1cc(Br)cc(Cl)c1F. The van der Waals surface area contributed by atoms with Gasteiger partial charge in [-0.3, -0.25) is 0 Å². The Hall–Kier alpha value is -0.160. The lowest BCUT2D eigenvalue weighted by Gasteiger charge is -2.12. The van der Waals surface area contributed by atoms with E-state index in [9.17, 15) is 4.39 Å². The lowest BCUT2D eigenvalue weighted by Crippen LogP contribution is -2.13. The van der Waals surface area contributed by atoms with Gasteiger partial charge in [0.15, 0.2) is 0 Å². The summed E-state index contributed by atoms with van der Waals surface area (Å²) in [6.07, 6.45) is 0.309. The second-order valence-corrected chi connectivity index (χ2v) is 4.23. The van der Waals surface area contributed by atoms with Crippen molar-refractivity contribution in [2.24, 2.45) is 5.73 Å². The zero-order valence-corrected chi connectivity index (χ0v) is 9.65. The Morgan fingerprint density at radius 2 is 2.21 bits per heavy atom. The molecule has 5 heteroatoms. The van der Waals surface area contributed by atoms with E-state index >= 15 is 0 Å². The van der Waals surface area contributed by atoms with Crippen LogP contribution in [-0.4, -0.2) is 11.7 Å². The van der Waals surface area contributed by atoms with E-state index in [1.54, 1.807) is 6.07 Å². The highest BCUT2D eigenvalue weighted by atomic mass is 79.9. The zero-order chi connectivity index (χ0) is 10.7. The number of hydrogen-bond donors (Lipinski definition) is 2. The summed E-state index contributed by atoms with van der Waals surface area (Å²) < 4.78 is 14.1. The van der Waals surface area contributed by atoms with Crippen molar-refractivity contribution in [3.8, 4) is 0 Å². The summed E-state index contributed by atoms with van der Waals surface area (Å²) in [5, 5.41) is 8.71. The van der Waals surface area contributed by atoms with E-state index in [0.29, 0.717) is 16.5 Å². The third kappa shape index (κ3) is 2.67. The van der Waals surface area contributed by atoms with Crippen LogP contribution in [0, 0.1) is 5.82 Å². The second kappa shape index (κ2) is 5.07. The number of rotatable bonds is 3. The molecule has 0 radical (unpaired) electrons. The highest BCUT2D eigenvalue weighted by Gasteiger charge is 2.14. The molecule has 0 aliphatic rings. The molecule has 0 saturated carbocycles. The quantitative estimate of drug-likeness (QED) is 0.837. The number of halogens is 3. The van der Waals surface area contributed by atoms with Crippen LogP contribution >= 0.6 is 27.5 Å². The predicted octanol–water partition coefficient (Wildman–Crippen LogP) is 2.62. The number of aliphatic hydroxyl groups excluding tert-OH is 1. The fourth-order valence-corrected chi connectivity index (χ4v) is 1.97. The first kappa shape index (κ1) is 11.9. The van der Waals surface area contributed by atoms with Crippen molar-refractivity contribution >= 4 is 27.5 Å². The fourth-order valence-electron chi connectivity index (χ4n) is 1.14. The number of nitrogens with two attached hydrogens (primary N) is 1. The topological polar surface area (TPSA) is 46.2 Å². The van der Waals surface area contributed by atoms with Crippen LogP contribution in [0.1, 0.15) is 18.0 Å². The number of aliphatic hydroxyl groups is 1. The van der Waals surface area contributed by atoms with Crippen LogP contribution in [0.2, 0.25) is 5.02 Å². The van der Waals surface area contributed by atoms with Crippen LogP contribution in [-0.2, 0) is 0 Å². The molecule has 1 atom stereocenters. The molecule has 2 nitrogen and oxygen atoms in total. The van der Waals surface area contributed by atoms with Crippen LogP contribution in [0.15, 0.2) is 16.6 Å². The Balaban J connectivity index is 3.07. The van der Waals surface area contributed by atoms with E-state index in [2.05, 4.69) is 15.9 Å². The van der Waals surface area contributed by atoms with E-state index in [1.165, 1.54) is 6.07 Å². The van der Waals surface area contributed by atoms with Gasteiger partial charge >= 0.3 is 0 Å². The molecule has 0 amide bonds. The minimum absolute atomic E-state index is 0.0303. The molecule has 1 rings (SSSR count). The maximum Gasteiger partial charge on any atom is 0.146 e. The van der Waals surface area contributed by atoms with Crippen molar-refractivity contribution in [1.82, 2.24) is 0 Å². The predicted molar refractivity (Wildman–Crippen MR) is 57.7 cm³/mol. The summed E-state index contributed by atoms with van der Waals surface area (Å²) in [4.78, 5) is 0. The summed E-state index contributed by atoms with van der Waals surface area (Å²) in [6, 6.07) is 2.50. The molecular weight excluding hydrogens is 272 g/mol. The van der Waals surface area contributed by atoms with Crippen LogP contribution in [0.5, 0.6) is 0 Å². The highest BCUT2D eigenvalue weighted by Crippen LogP contribution is 2.28. The largest absolute Gasteiger partial charge is 0.396 e. The second-order valence-electron chi connectivity index (χ2n) is 2.91. The molecule has 0 aliphatic heterocycles. The third-order valence-corrected chi connectivity index (χ3v) is 2.59. The Labute approximate surface area is 95.0 Å². The van der Waals surface area contributed by atoms with E-state index in [-0.39, 0.29) is 11.6 Å². The lowest BCUT2D eigenvalue weighted by molar-refractivity contribution is 0.275. The van der Waals surface area contributed by atoms with Crippen molar-refractivity contribution in [3.63, 3.8) is 0 Å². The van der Waals surface area contributed by atoms with Gasteiger partial charge in [0.2, 0.25) is 0 Å². The number of benzene rings is 1. The molecule has 0 aliphatic carbocycles. The summed E-state index contributed by atoms with van der Waals surface area (Å²) in [7, 11) is 0. The average molecular weight is 283 g/mol. The minimum Gasteiger partial charge on any atom is -0.396 e. The molecule has 14 heavy (non-hydrogen) atoms. The summed E-state index contributed by atoms with van der Waals surface area (Å²) in [6.45, 7) is -0.0786. The molecule has 0 saturated heterocycles. The maximum absolute atomic E-state index is 13.4. The smallest absolute Gasteiger partial charge is 0.146 e. The molecule has 0 bridgehead atoms. The number of hydrogen-bond acceptors (Lipinski definition) is 2. The molecule has 0 spiro atoms. The summed E-state index contributed by atoms with van der Waals surface area (Å²) >= 11 is 8.84. The Morgan fingerprint density at radius 3 is 2.79 bits per heavy atom. The molecule has 0 aromatic heterocycles. The van der Waals surface area contributed by atoms with Crippen LogP contribution in [0.4, 0.5) is 4.39 Å². The van der Waals surface area contributed by atoms with Gasteiger partial charge in [-0.25, -0.2) is 4.39 Å². The van der Waals surface area contributed by atoms with E-state index in [1.807, 2.05) is 0 Å². The standard InChI is InChI=1S/C9H10BrClFNO/c10-5-3-6(8(13)1-2-14)9(12)7(11)4-5/h3-4,8,14H,1-2,13H2/t8-/m1/s1. The maximum atomic E-state index is 13.4. The van der Waals surface area contributed by atoms with Gasteiger partial charge in [0.25, 0.3) is 0 Å². The first-order valence-corrected chi connectivity index (χ1v) is 5.24. The van der Waals surface area contributed by atoms with Gasteiger partial charge in [-0.15, -0.1) is 0 Å². The van der Waals surface area contributed by atoms with Gasteiger partial charge in [-0.2, -0.15) is 0 Å². The average Bonchev–Trinajstić information content (AvgIpc) is 2.11. The lowest BCUT2D eigenvalue weighted by atomic mass is 10.0. The first-order valence-electron chi connectivity index (χ1n) is 4.07. The van der Waals surface area contributed by atoms with Crippen molar-refractivity contribution < 1.29 is 9.50 Å².